The molecule has 4 aromatic carbocycles. The molecule has 0 radical (unpaired) electrons. The Bertz CT molecular complexity index is 2160. The van der Waals surface area contributed by atoms with Crippen LogP contribution in [0.2, 0.25) is 0 Å². The largest absolute Gasteiger partial charge is 2.00 e. The molecule has 0 saturated heterocycles. The molecule has 4 aromatic rings. The second-order valence-corrected chi connectivity index (χ2v) is 25.4. The molecule has 0 aliphatic carbocycles. The molecule has 0 spiro atoms. The van der Waals surface area contributed by atoms with Crippen LogP contribution in [-0.2, 0) is 45.9 Å². The molecule has 0 aromatic heterocycles. The average molecular weight is 1230 g/mol. The van der Waals surface area contributed by atoms with Crippen molar-refractivity contribution in [2.75, 3.05) is 0 Å². The first-order valence-electron chi connectivity index (χ1n) is 32.0. The van der Waals surface area contributed by atoms with Crippen molar-refractivity contribution in [3.05, 3.63) is 82.9 Å². The van der Waals surface area contributed by atoms with E-state index in [9.17, 15) is 25.9 Å². The average Bonchev–Trinajstić information content (AvgIpc) is 3.40. The Balaban J connectivity index is 0.000000520. The Kier molecular flexibility index (Phi) is 42.3. The van der Waals surface area contributed by atoms with Crippen molar-refractivity contribution in [3.63, 3.8) is 0 Å². The monoisotopic (exact) mass is 1220 g/mol. The van der Waals surface area contributed by atoms with Gasteiger partial charge in [0.05, 0.1) is 9.79 Å². The summed E-state index contributed by atoms with van der Waals surface area (Å²) in [6.45, 7) is 9.02. The van der Waals surface area contributed by atoms with Gasteiger partial charge in [0.2, 0.25) is 0 Å². The molecular weight excluding hydrogens is 1110 g/mol. The molecule has 432 valence electrons. The molecule has 9 heteroatoms. The van der Waals surface area contributed by atoms with Crippen LogP contribution in [-0.4, -0.2) is 74.8 Å². The zero-order chi connectivity index (χ0) is 55.0. The van der Waals surface area contributed by atoms with Crippen LogP contribution in [0, 0.1) is 0 Å². The zero-order valence-electron chi connectivity index (χ0n) is 49.9. The first-order chi connectivity index (χ1) is 37.0. The molecule has 0 amide bonds. The minimum Gasteiger partial charge on any atom is -0.744 e. The van der Waals surface area contributed by atoms with E-state index in [2.05, 4.69) is 39.8 Å². The number of benzene rings is 4. The summed E-state index contributed by atoms with van der Waals surface area (Å²) in [6, 6.07) is 19.3. The first kappa shape index (κ1) is 71.9. The summed E-state index contributed by atoms with van der Waals surface area (Å²) < 4.78 is 73.9. The molecule has 4 rings (SSSR count). The van der Waals surface area contributed by atoms with Gasteiger partial charge >= 0.3 is 48.9 Å². The number of aryl methyl sites for hydroxylation is 2. The fraction of sp³-hybridized carbons (Fsp3) is 0.706. The summed E-state index contributed by atoms with van der Waals surface area (Å²) in [5.74, 6) is 0. The molecule has 0 atom stereocenters. The van der Waals surface area contributed by atoms with E-state index in [4.69, 9.17) is 0 Å². The van der Waals surface area contributed by atoms with Gasteiger partial charge in [-0.05, 0) is 107 Å². The van der Waals surface area contributed by atoms with Gasteiger partial charge in [0.25, 0.3) is 0 Å². The first-order valence-corrected chi connectivity index (χ1v) is 34.8. The molecule has 6 nitrogen and oxygen atoms in total. The van der Waals surface area contributed by atoms with E-state index in [0.717, 1.165) is 108 Å². The van der Waals surface area contributed by atoms with Gasteiger partial charge in [-0.2, -0.15) is 0 Å². The quantitative estimate of drug-likeness (QED) is 0.0247. The Morgan fingerprint density at radius 1 is 0.286 bits per heavy atom. The van der Waals surface area contributed by atoms with Crippen molar-refractivity contribution in [1.82, 2.24) is 0 Å². The van der Waals surface area contributed by atoms with Crippen LogP contribution in [0.15, 0.2) is 70.5 Å². The number of hydrogen-bond donors (Lipinski definition) is 0. The molecule has 77 heavy (non-hydrogen) atoms. The van der Waals surface area contributed by atoms with Crippen molar-refractivity contribution in [2.24, 2.45) is 0 Å². The van der Waals surface area contributed by atoms with Crippen molar-refractivity contribution < 1.29 is 25.9 Å². The van der Waals surface area contributed by atoms with E-state index in [1.807, 2.05) is 36.4 Å². The van der Waals surface area contributed by atoms with E-state index in [1.54, 1.807) is 12.1 Å². The molecule has 0 aliphatic rings. The maximum absolute atomic E-state index is 12.3. The Morgan fingerprint density at radius 3 is 0.701 bits per heavy atom. The van der Waals surface area contributed by atoms with Crippen LogP contribution < -0.4 is 0 Å². The zero-order valence-corrected chi connectivity index (χ0v) is 55.9. The molecule has 0 saturated carbocycles. The van der Waals surface area contributed by atoms with Crippen LogP contribution >= 0.6 is 0 Å². The van der Waals surface area contributed by atoms with Crippen molar-refractivity contribution in [1.29, 1.82) is 0 Å². The summed E-state index contributed by atoms with van der Waals surface area (Å²) in [4.78, 5) is 0.0448. The van der Waals surface area contributed by atoms with Gasteiger partial charge in [-0.15, -0.1) is 0 Å². The van der Waals surface area contributed by atoms with Crippen LogP contribution in [0.3, 0.4) is 0 Å². The SMILES string of the molecule is CCCCCCCCCCCCc1c(S(=O)(=O)[O-])cc2ccccc2c1CCCCCCCCCCCC.CCCCCCCCCCCCc1c(S(=O)(=O)[O-])cc2ccccc2c1CCCCCCCCCCCC.[Ba+2]. The molecule has 0 heterocycles. The minimum absolute atomic E-state index is 0. The van der Waals surface area contributed by atoms with Crippen LogP contribution in [0.1, 0.15) is 307 Å². The van der Waals surface area contributed by atoms with E-state index in [0.29, 0.717) is 12.8 Å². The summed E-state index contributed by atoms with van der Waals surface area (Å²) >= 11 is 0. The van der Waals surface area contributed by atoms with E-state index in [-0.39, 0.29) is 58.7 Å². The third-order valence-corrected chi connectivity index (χ3v) is 17.9. The van der Waals surface area contributed by atoms with Crippen molar-refractivity contribution in [3.8, 4) is 0 Å². The third-order valence-electron chi connectivity index (χ3n) is 16.1. The van der Waals surface area contributed by atoms with E-state index < -0.39 is 20.2 Å². The molecule has 0 aliphatic heterocycles. The smallest absolute Gasteiger partial charge is 0.744 e. The van der Waals surface area contributed by atoms with Gasteiger partial charge in [-0.25, -0.2) is 16.8 Å². The van der Waals surface area contributed by atoms with Gasteiger partial charge in [0.15, 0.2) is 0 Å². The second kappa shape index (κ2) is 45.3. The van der Waals surface area contributed by atoms with E-state index in [1.165, 1.54) is 205 Å². The van der Waals surface area contributed by atoms with Crippen LogP contribution in [0.5, 0.6) is 0 Å². The van der Waals surface area contributed by atoms with Crippen molar-refractivity contribution in [2.45, 2.75) is 320 Å². The summed E-state index contributed by atoms with van der Waals surface area (Å²) in [7, 11) is -9.02. The number of unbranched alkanes of at least 4 members (excludes halogenated alkanes) is 36. The standard InChI is InChI=1S/2C34H56O3S.Ba/c2*1-3-5-7-9-11-13-15-17-19-21-27-32-31-26-24-23-25-30(31)29-34(38(35,36)37)33(32)28-22-20-18-16-14-12-10-8-6-4-2;/h2*23-26,29H,3-22,27-28H2,1-2H3,(H,35,36,37);/q;;+2/p-2. The molecule has 0 N–H and O–H groups in total. The maximum Gasteiger partial charge on any atom is 2.00 e. The third kappa shape index (κ3) is 31.2. The normalized spacial score (nSPS) is 11.8. The number of fused-ring (bicyclic) bond motifs is 2. The van der Waals surface area contributed by atoms with Gasteiger partial charge < -0.3 is 9.11 Å². The second-order valence-electron chi connectivity index (χ2n) is 22.7. The van der Waals surface area contributed by atoms with Crippen molar-refractivity contribution >= 4 is 90.7 Å². The van der Waals surface area contributed by atoms with Gasteiger partial charge in [-0.3, -0.25) is 0 Å². The Morgan fingerprint density at radius 2 is 0.481 bits per heavy atom. The van der Waals surface area contributed by atoms with Crippen LogP contribution in [0.25, 0.3) is 21.5 Å². The Hall–Kier alpha value is -1.21. The summed E-state index contributed by atoms with van der Waals surface area (Å²) in [6.07, 6.45) is 53.5. The van der Waals surface area contributed by atoms with Gasteiger partial charge in [-0.1, -0.05) is 307 Å². The van der Waals surface area contributed by atoms with E-state index >= 15 is 0 Å². The van der Waals surface area contributed by atoms with Gasteiger partial charge in [0.1, 0.15) is 20.2 Å². The number of rotatable bonds is 46. The summed E-state index contributed by atoms with van der Waals surface area (Å²) in [5.41, 5.74) is 3.81. The summed E-state index contributed by atoms with van der Waals surface area (Å²) in [5, 5.41) is 3.99. The fourth-order valence-corrected chi connectivity index (χ4v) is 13.2. The van der Waals surface area contributed by atoms with Gasteiger partial charge in [0, 0.05) is 0 Å². The fourth-order valence-electron chi connectivity index (χ4n) is 11.6. The predicted molar refractivity (Wildman–Crippen MR) is 332 cm³/mol. The molecule has 0 fully saturated rings. The molecule has 0 bridgehead atoms. The van der Waals surface area contributed by atoms with Crippen LogP contribution in [0.4, 0.5) is 0 Å². The maximum atomic E-state index is 12.3. The molecule has 0 unspecified atom stereocenters. The topological polar surface area (TPSA) is 114 Å². The minimum atomic E-state index is -4.51. The number of hydrogen-bond acceptors (Lipinski definition) is 6. The Labute approximate surface area is 514 Å². The molecular formula is C68H110BaO6S2. The predicted octanol–water partition coefficient (Wildman–Crippen LogP) is 21.0.